The summed E-state index contributed by atoms with van der Waals surface area (Å²) in [6, 6.07) is 1.11. The Hall–Kier alpha value is -0.170. The molecule has 0 amide bonds. The van der Waals surface area contributed by atoms with Gasteiger partial charge in [-0.2, -0.15) is 17.5 Å². The standard InChI is InChI=1S/C8H6Br2F3NO4S2/c9-5-1-4(7(10)19-5)20(17,18)14(2-6(15)16)3-8(11,12)13/h1H,2-3H2,(H,15,16). The lowest BCUT2D eigenvalue weighted by molar-refractivity contribution is -0.146. The monoisotopic (exact) mass is 459 g/mol. The molecule has 0 aliphatic rings. The highest BCUT2D eigenvalue weighted by atomic mass is 79.9. The molecule has 1 aromatic rings. The van der Waals surface area contributed by atoms with Gasteiger partial charge in [-0.15, -0.1) is 11.3 Å². The number of halogens is 5. The van der Waals surface area contributed by atoms with Crippen molar-refractivity contribution in [2.75, 3.05) is 13.1 Å². The lowest BCUT2D eigenvalue weighted by Gasteiger charge is -2.21. The van der Waals surface area contributed by atoms with Crippen molar-refractivity contribution in [3.8, 4) is 0 Å². The van der Waals surface area contributed by atoms with Gasteiger partial charge in [-0.3, -0.25) is 4.79 Å². The SMILES string of the molecule is O=C(O)CN(CC(F)(F)F)S(=O)(=O)c1cc(Br)sc1Br. The topological polar surface area (TPSA) is 74.7 Å². The number of nitrogens with zero attached hydrogens (tertiary/aromatic N) is 1. The number of thiophene rings is 1. The van der Waals surface area contributed by atoms with E-state index in [1.165, 1.54) is 0 Å². The van der Waals surface area contributed by atoms with E-state index in [-0.39, 0.29) is 8.09 Å². The van der Waals surface area contributed by atoms with Crippen LogP contribution in [0.25, 0.3) is 0 Å². The number of sulfonamides is 1. The summed E-state index contributed by atoms with van der Waals surface area (Å²) in [5.41, 5.74) is 0. The van der Waals surface area contributed by atoms with E-state index in [0.717, 1.165) is 17.4 Å². The Morgan fingerprint density at radius 3 is 2.30 bits per heavy atom. The zero-order valence-corrected chi connectivity index (χ0v) is 14.1. The fourth-order valence-electron chi connectivity index (χ4n) is 1.22. The third-order valence-corrected chi connectivity index (χ3v) is 6.46. The summed E-state index contributed by atoms with van der Waals surface area (Å²) in [6.45, 7) is -3.15. The van der Waals surface area contributed by atoms with Gasteiger partial charge in [0.2, 0.25) is 10.0 Å². The van der Waals surface area contributed by atoms with E-state index in [4.69, 9.17) is 5.11 Å². The van der Waals surface area contributed by atoms with Crippen LogP contribution in [-0.4, -0.2) is 43.1 Å². The second-order valence-corrected chi connectivity index (χ2v) is 9.13. The fraction of sp³-hybridized carbons (Fsp3) is 0.375. The van der Waals surface area contributed by atoms with E-state index in [0.29, 0.717) is 3.79 Å². The smallest absolute Gasteiger partial charge is 0.402 e. The maximum absolute atomic E-state index is 12.4. The minimum atomic E-state index is -4.84. The zero-order chi connectivity index (χ0) is 15.7. The Labute approximate surface area is 132 Å². The van der Waals surface area contributed by atoms with Crippen molar-refractivity contribution in [3.63, 3.8) is 0 Å². The molecule has 0 atom stereocenters. The number of carboxylic acid groups (broad SMARTS) is 1. The van der Waals surface area contributed by atoms with Gasteiger partial charge < -0.3 is 5.11 Å². The van der Waals surface area contributed by atoms with Crippen molar-refractivity contribution in [2.45, 2.75) is 11.1 Å². The van der Waals surface area contributed by atoms with E-state index in [1.807, 2.05) is 0 Å². The van der Waals surface area contributed by atoms with E-state index in [2.05, 4.69) is 31.9 Å². The predicted molar refractivity (Wildman–Crippen MR) is 72.2 cm³/mol. The Bertz CT molecular complexity index is 614. The van der Waals surface area contributed by atoms with Gasteiger partial charge in [0.05, 0.1) is 7.57 Å². The molecule has 0 aliphatic carbocycles. The van der Waals surface area contributed by atoms with E-state index < -0.39 is 40.2 Å². The van der Waals surface area contributed by atoms with Crippen LogP contribution in [0.1, 0.15) is 0 Å². The van der Waals surface area contributed by atoms with Crippen molar-refractivity contribution < 1.29 is 31.5 Å². The normalized spacial score (nSPS) is 12.9. The van der Waals surface area contributed by atoms with Crippen molar-refractivity contribution in [3.05, 3.63) is 13.6 Å². The van der Waals surface area contributed by atoms with Gasteiger partial charge in [-0.25, -0.2) is 8.42 Å². The summed E-state index contributed by atoms with van der Waals surface area (Å²) in [6.07, 6.45) is -4.84. The molecular weight excluding hydrogens is 455 g/mol. The minimum absolute atomic E-state index is 0.0851. The molecule has 1 aromatic heterocycles. The van der Waals surface area contributed by atoms with Gasteiger partial charge in [0, 0.05) is 0 Å². The van der Waals surface area contributed by atoms with Crippen molar-refractivity contribution in [1.82, 2.24) is 4.31 Å². The molecule has 0 aromatic carbocycles. The first-order valence-corrected chi connectivity index (χ1v) is 8.51. The molecule has 114 valence electrons. The Balaban J connectivity index is 3.24. The minimum Gasteiger partial charge on any atom is -0.480 e. The molecule has 0 unspecified atom stereocenters. The summed E-state index contributed by atoms with van der Waals surface area (Å²) in [5.74, 6) is -1.68. The Morgan fingerprint density at radius 1 is 1.40 bits per heavy atom. The molecule has 0 fully saturated rings. The van der Waals surface area contributed by atoms with Gasteiger partial charge in [0.1, 0.15) is 18.0 Å². The predicted octanol–water partition coefficient (Wildman–Crippen LogP) is 2.91. The van der Waals surface area contributed by atoms with Crippen LogP contribution in [0.15, 0.2) is 18.5 Å². The molecule has 0 radical (unpaired) electrons. The quantitative estimate of drug-likeness (QED) is 0.733. The van der Waals surface area contributed by atoms with Crippen molar-refractivity contribution >= 4 is 59.2 Å². The Morgan fingerprint density at radius 2 is 1.95 bits per heavy atom. The van der Waals surface area contributed by atoms with Crippen LogP contribution < -0.4 is 0 Å². The number of carbonyl (C=O) groups is 1. The third kappa shape index (κ3) is 4.69. The summed E-state index contributed by atoms with van der Waals surface area (Å²) in [4.78, 5) is 10.2. The van der Waals surface area contributed by atoms with Crippen LogP contribution in [0.2, 0.25) is 0 Å². The molecule has 0 spiro atoms. The highest BCUT2D eigenvalue weighted by Crippen LogP contribution is 2.36. The molecule has 12 heteroatoms. The molecule has 0 aliphatic heterocycles. The lowest BCUT2D eigenvalue weighted by atomic mass is 10.5. The van der Waals surface area contributed by atoms with Crippen molar-refractivity contribution in [1.29, 1.82) is 0 Å². The average Bonchev–Trinajstić information content (AvgIpc) is 2.54. The number of carboxylic acids is 1. The average molecular weight is 461 g/mol. The summed E-state index contributed by atoms with van der Waals surface area (Å²) in [7, 11) is -4.57. The Kier molecular flexibility index (Phi) is 5.63. The largest absolute Gasteiger partial charge is 0.480 e. The van der Waals surface area contributed by atoms with E-state index in [1.54, 1.807) is 0 Å². The van der Waals surface area contributed by atoms with Crippen LogP contribution in [0.4, 0.5) is 13.2 Å². The molecule has 1 N–H and O–H groups in total. The van der Waals surface area contributed by atoms with Gasteiger partial charge in [0.25, 0.3) is 0 Å². The molecular formula is C8H6Br2F3NO4S2. The van der Waals surface area contributed by atoms with E-state index >= 15 is 0 Å². The van der Waals surface area contributed by atoms with Crippen LogP contribution in [0, 0.1) is 0 Å². The van der Waals surface area contributed by atoms with Crippen molar-refractivity contribution in [2.24, 2.45) is 0 Å². The first-order chi connectivity index (χ1) is 8.93. The van der Waals surface area contributed by atoms with Gasteiger partial charge in [-0.1, -0.05) is 0 Å². The van der Waals surface area contributed by atoms with Crippen LogP contribution >= 0.6 is 43.2 Å². The summed E-state index contributed by atoms with van der Waals surface area (Å²) < 4.78 is 61.7. The highest BCUT2D eigenvalue weighted by Gasteiger charge is 2.39. The molecule has 20 heavy (non-hydrogen) atoms. The maximum Gasteiger partial charge on any atom is 0.402 e. The third-order valence-electron chi connectivity index (χ3n) is 1.91. The number of hydrogen-bond acceptors (Lipinski definition) is 4. The van der Waals surface area contributed by atoms with Gasteiger partial charge in [0.15, 0.2) is 0 Å². The molecule has 0 bridgehead atoms. The lowest BCUT2D eigenvalue weighted by Crippen LogP contribution is -2.41. The first-order valence-electron chi connectivity index (χ1n) is 4.67. The fourth-order valence-corrected chi connectivity index (χ4v) is 6.35. The molecule has 1 rings (SSSR count). The second kappa shape index (κ2) is 6.30. The van der Waals surface area contributed by atoms with Crippen LogP contribution in [-0.2, 0) is 14.8 Å². The highest BCUT2D eigenvalue weighted by molar-refractivity contribution is 9.12. The second-order valence-electron chi connectivity index (χ2n) is 3.47. The first kappa shape index (κ1) is 17.9. The molecule has 0 saturated heterocycles. The summed E-state index contributed by atoms with van der Waals surface area (Å²) in [5, 5.41) is 8.57. The number of hydrogen-bond donors (Lipinski definition) is 1. The molecule has 1 heterocycles. The van der Waals surface area contributed by atoms with Crippen LogP contribution in [0.3, 0.4) is 0 Å². The maximum atomic E-state index is 12.4. The van der Waals surface area contributed by atoms with Gasteiger partial charge >= 0.3 is 12.1 Å². The molecule has 5 nitrogen and oxygen atoms in total. The number of alkyl halides is 3. The molecule has 0 saturated carbocycles. The van der Waals surface area contributed by atoms with Crippen LogP contribution in [0.5, 0.6) is 0 Å². The van der Waals surface area contributed by atoms with E-state index in [9.17, 15) is 26.4 Å². The number of aliphatic carboxylic acids is 1. The zero-order valence-electron chi connectivity index (χ0n) is 9.32. The summed E-state index contributed by atoms with van der Waals surface area (Å²) >= 11 is 6.87. The number of rotatable bonds is 5. The van der Waals surface area contributed by atoms with Gasteiger partial charge in [-0.05, 0) is 37.9 Å².